The van der Waals surface area contributed by atoms with E-state index < -0.39 is 0 Å². The average molecular weight is 276 g/mol. The number of hydrogen-bond donors (Lipinski definition) is 1. The van der Waals surface area contributed by atoms with Gasteiger partial charge in [0.05, 0.1) is 0 Å². The van der Waals surface area contributed by atoms with Crippen molar-refractivity contribution >= 4 is 34.6 Å². The van der Waals surface area contributed by atoms with Crippen LogP contribution >= 0.6 is 12.6 Å². The number of benzene rings is 3. The Bertz CT molecular complexity index is 907. The molecule has 1 nitrogen and oxygen atoms in total. The molecule has 0 saturated heterocycles. The molecule has 0 atom stereocenters. The molecule has 0 aliphatic rings. The van der Waals surface area contributed by atoms with Crippen LogP contribution in [-0.2, 0) is 0 Å². The van der Waals surface area contributed by atoms with Gasteiger partial charge in [-0.3, -0.25) is 0 Å². The molecule has 0 amide bonds. The lowest BCUT2D eigenvalue weighted by atomic mass is 10.0. The van der Waals surface area contributed by atoms with E-state index in [-0.39, 0.29) is 0 Å². The van der Waals surface area contributed by atoms with E-state index >= 15 is 0 Å². The van der Waals surface area contributed by atoms with Crippen molar-refractivity contribution < 1.29 is 4.42 Å². The van der Waals surface area contributed by atoms with Gasteiger partial charge in [-0.25, -0.2) is 0 Å². The Kier molecular flexibility index (Phi) is 2.57. The first-order chi connectivity index (χ1) is 9.81. The van der Waals surface area contributed by atoms with Crippen LogP contribution in [0.25, 0.3) is 33.1 Å². The summed E-state index contributed by atoms with van der Waals surface area (Å²) in [7, 11) is 0. The molecule has 1 aromatic heterocycles. The van der Waals surface area contributed by atoms with Crippen LogP contribution in [0.15, 0.2) is 76.0 Å². The third kappa shape index (κ3) is 1.81. The van der Waals surface area contributed by atoms with E-state index in [1.165, 1.54) is 11.1 Å². The van der Waals surface area contributed by atoms with Gasteiger partial charge in [-0.2, -0.15) is 0 Å². The molecular formula is C18H12OS. The van der Waals surface area contributed by atoms with Crippen molar-refractivity contribution in [3.63, 3.8) is 0 Å². The maximum absolute atomic E-state index is 5.86. The third-order valence-corrected chi connectivity index (χ3v) is 3.84. The van der Waals surface area contributed by atoms with Crippen LogP contribution in [0.3, 0.4) is 0 Å². The highest BCUT2D eigenvalue weighted by Gasteiger charge is 2.08. The number of fused-ring (bicyclic) bond motifs is 3. The maximum atomic E-state index is 5.86. The standard InChI is InChI=1S/C18H12OS/c20-14-7-9-18-16(11-14)15-10-13(6-8-17(15)19-18)12-4-2-1-3-5-12/h1-11,20H. The fraction of sp³-hybridized carbons (Fsp3) is 0. The lowest BCUT2D eigenvalue weighted by molar-refractivity contribution is 0.668. The van der Waals surface area contributed by atoms with Crippen molar-refractivity contribution in [3.8, 4) is 11.1 Å². The first-order valence-corrected chi connectivity index (χ1v) is 6.97. The zero-order chi connectivity index (χ0) is 13.5. The number of rotatable bonds is 1. The van der Waals surface area contributed by atoms with Gasteiger partial charge in [0, 0.05) is 15.7 Å². The predicted molar refractivity (Wildman–Crippen MR) is 86.4 cm³/mol. The summed E-state index contributed by atoms with van der Waals surface area (Å²) in [6.45, 7) is 0. The topological polar surface area (TPSA) is 13.1 Å². The summed E-state index contributed by atoms with van der Waals surface area (Å²) in [5, 5.41) is 2.25. The smallest absolute Gasteiger partial charge is 0.135 e. The molecule has 2 heteroatoms. The molecule has 0 fully saturated rings. The summed E-state index contributed by atoms with van der Waals surface area (Å²) in [5.41, 5.74) is 4.23. The number of furan rings is 1. The van der Waals surface area contributed by atoms with Crippen molar-refractivity contribution in [2.24, 2.45) is 0 Å². The summed E-state index contributed by atoms with van der Waals surface area (Å²) in [6, 6.07) is 22.7. The van der Waals surface area contributed by atoms with Crippen LogP contribution in [0.1, 0.15) is 0 Å². The quantitative estimate of drug-likeness (QED) is 0.450. The van der Waals surface area contributed by atoms with Gasteiger partial charge < -0.3 is 4.42 Å². The molecule has 4 rings (SSSR count). The van der Waals surface area contributed by atoms with Gasteiger partial charge in [-0.1, -0.05) is 36.4 Å². The van der Waals surface area contributed by atoms with Crippen LogP contribution in [0.2, 0.25) is 0 Å². The zero-order valence-electron chi connectivity index (χ0n) is 10.7. The predicted octanol–water partition coefficient (Wildman–Crippen LogP) is 5.54. The summed E-state index contributed by atoms with van der Waals surface area (Å²) in [5.74, 6) is 0. The molecular weight excluding hydrogens is 264 g/mol. The van der Waals surface area contributed by atoms with Crippen LogP contribution < -0.4 is 0 Å². The van der Waals surface area contributed by atoms with Gasteiger partial charge in [-0.05, 0) is 41.5 Å². The summed E-state index contributed by atoms with van der Waals surface area (Å²) in [4.78, 5) is 0.949. The Hall–Kier alpha value is -2.19. The highest BCUT2D eigenvalue weighted by atomic mass is 32.1. The largest absolute Gasteiger partial charge is 0.456 e. The fourth-order valence-electron chi connectivity index (χ4n) is 2.58. The van der Waals surface area contributed by atoms with Gasteiger partial charge in [0.15, 0.2) is 0 Å². The fourth-order valence-corrected chi connectivity index (χ4v) is 2.78. The van der Waals surface area contributed by atoms with Gasteiger partial charge >= 0.3 is 0 Å². The summed E-state index contributed by atoms with van der Waals surface area (Å²) in [6.07, 6.45) is 0. The van der Waals surface area contributed by atoms with E-state index in [4.69, 9.17) is 4.42 Å². The lowest BCUT2D eigenvalue weighted by Crippen LogP contribution is -1.76. The molecule has 0 radical (unpaired) electrons. The molecule has 1 heterocycles. The molecule has 0 unspecified atom stereocenters. The van der Waals surface area contributed by atoms with E-state index in [1.807, 2.05) is 24.3 Å². The first kappa shape index (κ1) is 11.6. The molecule has 0 aliphatic heterocycles. The van der Waals surface area contributed by atoms with E-state index in [2.05, 4.69) is 55.1 Å². The van der Waals surface area contributed by atoms with E-state index in [0.717, 1.165) is 26.8 Å². The van der Waals surface area contributed by atoms with Gasteiger partial charge in [0.25, 0.3) is 0 Å². The number of hydrogen-bond acceptors (Lipinski definition) is 2. The average Bonchev–Trinajstić information content (AvgIpc) is 2.85. The third-order valence-electron chi connectivity index (χ3n) is 3.56. The summed E-state index contributed by atoms with van der Waals surface area (Å²) >= 11 is 4.42. The molecule has 0 aliphatic carbocycles. The molecule has 20 heavy (non-hydrogen) atoms. The molecule has 96 valence electrons. The van der Waals surface area contributed by atoms with E-state index in [1.54, 1.807) is 0 Å². The van der Waals surface area contributed by atoms with Gasteiger partial charge in [0.1, 0.15) is 11.2 Å². The highest BCUT2D eigenvalue weighted by molar-refractivity contribution is 7.80. The normalized spacial score (nSPS) is 11.2. The highest BCUT2D eigenvalue weighted by Crippen LogP contribution is 2.33. The van der Waals surface area contributed by atoms with E-state index in [9.17, 15) is 0 Å². The molecule has 0 spiro atoms. The molecule has 3 aromatic carbocycles. The molecule has 0 N–H and O–H groups in total. The van der Waals surface area contributed by atoms with Crippen molar-refractivity contribution in [3.05, 3.63) is 66.7 Å². The molecule has 4 aromatic rings. The molecule has 0 bridgehead atoms. The second-order valence-electron chi connectivity index (χ2n) is 4.86. The maximum Gasteiger partial charge on any atom is 0.135 e. The zero-order valence-corrected chi connectivity index (χ0v) is 11.6. The van der Waals surface area contributed by atoms with Crippen LogP contribution in [0, 0.1) is 0 Å². The van der Waals surface area contributed by atoms with Crippen molar-refractivity contribution in [1.29, 1.82) is 0 Å². The number of thiol groups is 1. The van der Waals surface area contributed by atoms with Crippen molar-refractivity contribution in [2.45, 2.75) is 4.90 Å². The Morgan fingerprint density at radius 2 is 1.35 bits per heavy atom. The van der Waals surface area contributed by atoms with Gasteiger partial charge in [0.2, 0.25) is 0 Å². The Morgan fingerprint density at radius 1 is 0.650 bits per heavy atom. The Labute approximate surface area is 122 Å². The second-order valence-corrected chi connectivity index (χ2v) is 5.38. The van der Waals surface area contributed by atoms with Crippen molar-refractivity contribution in [2.75, 3.05) is 0 Å². The van der Waals surface area contributed by atoms with Crippen molar-refractivity contribution in [1.82, 2.24) is 0 Å². The minimum atomic E-state index is 0.906. The van der Waals surface area contributed by atoms with Crippen LogP contribution in [0.5, 0.6) is 0 Å². The second kappa shape index (κ2) is 4.43. The van der Waals surface area contributed by atoms with Crippen LogP contribution in [0.4, 0.5) is 0 Å². The first-order valence-electron chi connectivity index (χ1n) is 6.52. The summed E-state index contributed by atoms with van der Waals surface area (Å²) < 4.78 is 5.86. The SMILES string of the molecule is Sc1ccc2oc3ccc(-c4ccccc4)cc3c2c1. The Balaban J connectivity index is 2.03. The van der Waals surface area contributed by atoms with Crippen LogP contribution in [-0.4, -0.2) is 0 Å². The minimum Gasteiger partial charge on any atom is -0.456 e. The molecule has 0 saturated carbocycles. The lowest BCUT2D eigenvalue weighted by Gasteiger charge is -2.01. The van der Waals surface area contributed by atoms with Gasteiger partial charge in [-0.15, -0.1) is 12.6 Å². The minimum absolute atomic E-state index is 0.906. The monoisotopic (exact) mass is 276 g/mol. The van der Waals surface area contributed by atoms with E-state index in [0.29, 0.717) is 0 Å². The Morgan fingerprint density at radius 3 is 2.15 bits per heavy atom.